The molecule has 5 atom stereocenters. The van der Waals surface area contributed by atoms with E-state index in [-0.39, 0.29) is 61.8 Å². The van der Waals surface area contributed by atoms with Gasteiger partial charge in [0.25, 0.3) is 0 Å². The Morgan fingerprint density at radius 3 is 2.05 bits per heavy atom. The first kappa shape index (κ1) is 59.2. The molecular formula is C66H77N7O11. The van der Waals surface area contributed by atoms with Crippen LogP contribution in [-0.2, 0) is 82.3 Å². The van der Waals surface area contributed by atoms with Gasteiger partial charge in [0.1, 0.15) is 24.7 Å². The number of nitrogens with zero attached hydrogens (tertiary/aromatic N) is 3. The molecule has 84 heavy (non-hydrogen) atoms. The molecule has 0 bridgehead atoms. The van der Waals surface area contributed by atoms with Gasteiger partial charge in [-0.2, -0.15) is 0 Å². The van der Waals surface area contributed by atoms with Crippen LogP contribution in [0.5, 0.6) is 0 Å². The summed E-state index contributed by atoms with van der Waals surface area (Å²) in [4.78, 5) is 93.4. The van der Waals surface area contributed by atoms with Crippen molar-refractivity contribution in [3.8, 4) is 11.1 Å². The van der Waals surface area contributed by atoms with Gasteiger partial charge in [-0.05, 0) is 133 Å². The number of carbonyl (C=O) groups excluding carboxylic acids is 6. The molecule has 1 unspecified atom stereocenters. The monoisotopic (exact) mass is 1140 g/mol. The van der Waals surface area contributed by atoms with E-state index in [1.807, 2.05) is 79.7 Å². The van der Waals surface area contributed by atoms with Crippen LogP contribution in [0.4, 0.5) is 10.5 Å². The largest absolute Gasteiger partial charge is 0.449 e. The van der Waals surface area contributed by atoms with Crippen molar-refractivity contribution in [1.29, 1.82) is 0 Å². The van der Waals surface area contributed by atoms with Crippen LogP contribution in [0.2, 0.25) is 0 Å². The third-order valence-electron chi connectivity index (χ3n) is 17.0. The van der Waals surface area contributed by atoms with Crippen molar-refractivity contribution in [1.82, 2.24) is 25.1 Å². The quantitative estimate of drug-likeness (QED) is 0.0272. The average Bonchev–Trinajstić information content (AvgIpc) is 2.87. The van der Waals surface area contributed by atoms with E-state index < -0.39 is 48.2 Å². The number of alkyl carbamates (subject to hydrolysis) is 1. The first-order chi connectivity index (χ1) is 40.8. The number of hydrogen-bond donors (Lipinski definition) is 4. The smallest absolute Gasteiger partial charge is 0.407 e. The lowest BCUT2D eigenvalue weighted by Gasteiger charge is -2.31. The molecular weight excluding hydrogens is 1070 g/mol. The minimum Gasteiger partial charge on any atom is -0.449 e. The van der Waals surface area contributed by atoms with Gasteiger partial charge in [0, 0.05) is 58.7 Å². The molecule has 0 saturated carbocycles. The molecule has 18 nitrogen and oxygen atoms in total. The average molecular weight is 1140 g/mol. The highest BCUT2D eigenvalue weighted by molar-refractivity contribution is 6.07. The van der Waals surface area contributed by atoms with Crippen molar-refractivity contribution >= 4 is 52.3 Å². The van der Waals surface area contributed by atoms with Crippen LogP contribution in [0.1, 0.15) is 128 Å². The number of aromatic nitrogens is 2. The number of anilines is 1. The number of unbranched alkanes of at least 4 members (excludes halogenated alkanes) is 3. The molecule has 1 aliphatic carbocycles. The fourth-order valence-electron chi connectivity index (χ4n) is 12.4. The molecule has 1 fully saturated rings. The van der Waals surface area contributed by atoms with E-state index in [2.05, 4.69) is 52.3 Å². The van der Waals surface area contributed by atoms with Crippen molar-refractivity contribution in [2.45, 2.75) is 146 Å². The maximum absolute atomic E-state index is 14.6. The van der Waals surface area contributed by atoms with Gasteiger partial charge in [-0.1, -0.05) is 110 Å². The standard InChI is InChI=1S/C66H77N7O11/c1-42(83-40-45-24-22-43(23-25-45)14-12-36-81-34-9-3-4-10-35-82-37-13-15-44-26-30-55-57(38-44)71(2)66(80)72(55)56-31-33-60(75)70-62(56)76)53(29-32-59(67)74)68-63(77)58-39-47-17-11-16-46-27-28-54(64(78)73(58)61(46)47)69-65(79)84-41-52-50-20-7-5-18-48(50)49-19-6-8-21-51(49)52/h5-8,11,16-26,30,38,42,52-54,56,58H,3-4,9-10,12-15,27-29,31-37,39-41H2,1-2H3,(H2,67,74)(H,68,77)(H,69,79)(H,70,75,76)/t42-,53+,54+,56?,58+/m1/s1. The van der Waals surface area contributed by atoms with Gasteiger partial charge >= 0.3 is 11.8 Å². The summed E-state index contributed by atoms with van der Waals surface area (Å²) in [5, 5.41) is 8.34. The zero-order chi connectivity index (χ0) is 58.7. The molecule has 0 spiro atoms. The van der Waals surface area contributed by atoms with Gasteiger partial charge in [-0.3, -0.25) is 43.3 Å². The van der Waals surface area contributed by atoms with Crippen LogP contribution < -0.4 is 32.3 Å². The van der Waals surface area contributed by atoms with Crippen molar-refractivity contribution in [3.63, 3.8) is 0 Å². The predicted octanol–water partition coefficient (Wildman–Crippen LogP) is 7.94. The number of hydrogen-bond acceptors (Lipinski definition) is 11. The summed E-state index contributed by atoms with van der Waals surface area (Å²) in [7, 11) is 1.71. The summed E-state index contributed by atoms with van der Waals surface area (Å²) in [6.45, 7) is 5.00. The van der Waals surface area contributed by atoms with E-state index in [0.717, 1.165) is 108 Å². The summed E-state index contributed by atoms with van der Waals surface area (Å²) >= 11 is 0. The van der Waals surface area contributed by atoms with Crippen LogP contribution in [0, 0.1) is 0 Å². The number of nitrogens with one attached hydrogen (secondary N) is 3. The van der Waals surface area contributed by atoms with Gasteiger partial charge in [0.2, 0.25) is 29.5 Å². The summed E-state index contributed by atoms with van der Waals surface area (Å²) in [5.74, 6) is -2.16. The molecule has 10 rings (SSSR count). The predicted molar refractivity (Wildman–Crippen MR) is 318 cm³/mol. The van der Waals surface area contributed by atoms with E-state index in [1.54, 1.807) is 16.5 Å². The summed E-state index contributed by atoms with van der Waals surface area (Å²) in [5.41, 5.74) is 16.9. The zero-order valence-corrected chi connectivity index (χ0v) is 48.1. The first-order valence-corrected chi connectivity index (χ1v) is 29.9. The molecule has 0 radical (unpaired) electrons. The van der Waals surface area contributed by atoms with Crippen LogP contribution in [-0.4, -0.2) is 102 Å². The second-order valence-electron chi connectivity index (χ2n) is 22.7. The van der Waals surface area contributed by atoms with Crippen LogP contribution in [0.3, 0.4) is 0 Å². The number of primary amides is 1. The van der Waals surface area contributed by atoms with Gasteiger partial charge < -0.3 is 35.3 Å². The minimum atomic E-state index is -0.929. The molecule has 5 N–H and O–H groups in total. The first-order valence-electron chi connectivity index (χ1n) is 29.9. The number of fused-ring (bicyclic) bond motifs is 4. The summed E-state index contributed by atoms with van der Waals surface area (Å²) in [6, 6.07) is 33.1. The van der Waals surface area contributed by atoms with E-state index >= 15 is 0 Å². The Morgan fingerprint density at radius 2 is 1.36 bits per heavy atom. The van der Waals surface area contributed by atoms with Gasteiger partial charge in [-0.15, -0.1) is 0 Å². The van der Waals surface area contributed by atoms with Gasteiger partial charge in [-0.25, -0.2) is 9.59 Å². The molecule has 1 aromatic heterocycles. The molecule has 6 aromatic rings. The number of ether oxygens (including phenoxy) is 4. The maximum atomic E-state index is 14.6. The Kier molecular flexibility index (Phi) is 19.5. The number of aryl methyl sites for hydroxylation is 4. The molecule has 3 aliphatic heterocycles. The van der Waals surface area contributed by atoms with Crippen molar-refractivity contribution in [2.75, 3.05) is 37.9 Å². The molecule has 5 aromatic carbocycles. The second kappa shape index (κ2) is 27.6. The zero-order valence-electron chi connectivity index (χ0n) is 48.1. The topological polar surface area (TPSA) is 232 Å². The van der Waals surface area contributed by atoms with Crippen LogP contribution in [0.15, 0.2) is 114 Å². The van der Waals surface area contributed by atoms with E-state index in [1.165, 1.54) is 10.1 Å². The lowest BCUT2D eigenvalue weighted by molar-refractivity contribution is -0.135. The van der Waals surface area contributed by atoms with E-state index in [0.29, 0.717) is 56.7 Å². The Balaban J connectivity index is 0.611. The SMILES string of the molecule is C[C@@H](OCc1ccc(CCCOCCCCCCOCCCc2ccc3c(c2)n(C)c(=O)n3C2CCC(=O)NC2=O)cc1)[C@H](CCC(N)=O)NC(=O)[C@@H]1Cc2cccc3c2N1C(=O)[C@@H](NC(=O)OCC1c2ccccc2-c2ccccc21)CC3. The second-order valence-corrected chi connectivity index (χ2v) is 22.7. The Hall–Kier alpha value is -7.93. The molecule has 4 aliphatic rings. The molecule has 1 saturated heterocycles. The van der Waals surface area contributed by atoms with Crippen LogP contribution >= 0.6 is 0 Å². The number of amides is 6. The van der Waals surface area contributed by atoms with Gasteiger partial charge in [0.05, 0.1) is 35.5 Å². The normalized spacial score (nSPS) is 18.0. The Morgan fingerprint density at radius 1 is 0.714 bits per heavy atom. The lowest BCUT2D eigenvalue weighted by atomic mass is 9.98. The fourth-order valence-corrected chi connectivity index (χ4v) is 12.4. The number of para-hydroxylation sites is 1. The summed E-state index contributed by atoms with van der Waals surface area (Å²) in [6.07, 6.45) is 8.29. The highest BCUT2D eigenvalue weighted by Gasteiger charge is 2.45. The number of imidazole rings is 1. The number of rotatable bonds is 28. The number of carbonyl (C=O) groups is 6. The van der Waals surface area contributed by atoms with Gasteiger partial charge in [0.15, 0.2) is 0 Å². The molecule has 442 valence electrons. The third kappa shape index (κ3) is 13.8. The lowest BCUT2D eigenvalue weighted by Crippen LogP contribution is -2.56. The Bertz CT molecular complexity index is 3380. The number of nitrogens with two attached hydrogens (primary N) is 1. The number of benzene rings is 5. The third-order valence-corrected chi connectivity index (χ3v) is 17.0. The van der Waals surface area contributed by atoms with Crippen LogP contribution in [0.25, 0.3) is 22.2 Å². The molecule has 4 heterocycles. The van der Waals surface area contributed by atoms with E-state index in [4.69, 9.17) is 24.7 Å². The maximum Gasteiger partial charge on any atom is 0.407 e. The Labute approximate surface area is 489 Å². The molecule has 6 amide bonds. The number of imide groups is 1. The minimum absolute atomic E-state index is 0.0296. The summed E-state index contributed by atoms with van der Waals surface area (Å²) < 4.78 is 27.1. The van der Waals surface area contributed by atoms with Crippen molar-refractivity contribution < 1.29 is 47.7 Å². The highest BCUT2D eigenvalue weighted by atomic mass is 16.5. The fraction of sp³-hybridized carbons (Fsp3) is 0.439. The van der Waals surface area contributed by atoms with Crippen molar-refractivity contribution in [3.05, 3.63) is 159 Å². The number of piperidine rings is 1. The highest BCUT2D eigenvalue weighted by Crippen LogP contribution is 2.45. The van der Waals surface area contributed by atoms with E-state index in [9.17, 15) is 33.6 Å². The van der Waals surface area contributed by atoms with Crippen molar-refractivity contribution in [2.24, 2.45) is 12.8 Å². The molecule has 18 heteroatoms.